The first-order valence-electron chi connectivity index (χ1n) is 8.18. The zero-order valence-electron chi connectivity index (χ0n) is 15.3. The summed E-state index contributed by atoms with van der Waals surface area (Å²) in [5.74, 6) is -0.379. The van der Waals surface area contributed by atoms with Gasteiger partial charge in [-0.3, -0.25) is 9.10 Å². The van der Waals surface area contributed by atoms with Crippen LogP contribution in [0.5, 0.6) is 0 Å². The quantitative estimate of drug-likeness (QED) is 0.816. The molecular weight excluding hydrogens is 372 g/mol. The molecule has 1 amide bonds. The molecule has 0 aliphatic carbocycles. The van der Waals surface area contributed by atoms with Crippen molar-refractivity contribution in [1.29, 1.82) is 0 Å². The molecule has 0 bridgehead atoms. The standard InChI is InChI=1S/C19H23ClN2O3S/c1-13-5-8-16(9-6-13)12-21-19(23)15(3)22(26(4,24)25)18-11-17(20)10-7-14(18)2/h5-11,15H,12H2,1-4H3,(H,21,23)/t15-/m0/s1. The van der Waals surface area contributed by atoms with Crippen LogP contribution in [0.3, 0.4) is 0 Å². The van der Waals surface area contributed by atoms with Crippen LogP contribution in [0.2, 0.25) is 5.02 Å². The van der Waals surface area contributed by atoms with Gasteiger partial charge in [-0.1, -0.05) is 47.5 Å². The Hall–Kier alpha value is -2.05. The van der Waals surface area contributed by atoms with E-state index in [1.54, 1.807) is 32.0 Å². The molecule has 1 atom stereocenters. The summed E-state index contributed by atoms with van der Waals surface area (Å²) in [6.07, 6.45) is 1.08. The highest BCUT2D eigenvalue weighted by Crippen LogP contribution is 2.28. The SMILES string of the molecule is Cc1ccc(CNC(=O)[C@H](C)N(c2cc(Cl)ccc2C)S(C)(=O)=O)cc1. The van der Waals surface area contributed by atoms with Gasteiger partial charge in [-0.25, -0.2) is 8.42 Å². The van der Waals surface area contributed by atoms with Crippen molar-refractivity contribution in [3.05, 3.63) is 64.2 Å². The molecule has 0 unspecified atom stereocenters. The number of sulfonamides is 1. The van der Waals surface area contributed by atoms with E-state index in [0.717, 1.165) is 27.3 Å². The van der Waals surface area contributed by atoms with Gasteiger partial charge in [-0.2, -0.15) is 0 Å². The van der Waals surface area contributed by atoms with Gasteiger partial charge in [0.05, 0.1) is 11.9 Å². The van der Waals surface area contributed by atoms with Crippen molar-refractivity contribution in [3.8, 4) is 0 Å². The van der Waals surface area contributed by atoms with Gasteiger partial charge in [0.25, 0.3) is 0 Å². The van der Waals surface area contributed by atoms with Crippen molar-refractivity contribution < 1.29 is 13.2 Å². The van der Waals surface area contributed by atoms with E-state index in [9.17, 15) is 13.2 Å². The Balaban J connectivity index is 2.23. The summed E-state index contributed by atoms with van der Waals surface area (Å²) >= 11 is 6.03. The number of carbonyl (C=O) groups is 1. The van der Waals surface area contributed by atoms with E-state index in [1.165, 1.54) is 0 Å². The maximum Gasteiger partial charge on any atom is 0.243 e. The largest absolute Gasteiger partial charge is 0.350 e. The highest BCUT2D eigenvalue weighted by molar-refractivity contribution is 7.92. The molecule has 26 heavy (non-hydrogen) atoms. The topological polar surface area (TPSA) is 66.5 Å². The van der Waals surface area contributed by atoms with Gasteiger partial charge in [0, 0.05) is 11.6 Å². The van der Waals surface area contributed by atoms with E-state index >= 15 is 0 Å². The number of nitrogens with one attached hydrogen (secondary N) is 1. The first-order chi connectivity index (χ1) is 12.1. The number of benzene rings is 2. The highest BCUT2D eigenvalue weighted by Gasteiger charge is 2.30. The van der Waals surface area contributed by atoms with Crippen LogP contribution >= 0.6 is 11.6 Å². The van der Waals surface area contributed by atoms with Crippen LogP contribution < -0.4 is 9.62 Å². The molecule has 0 saturated heterocycles. The average molecular weight is 395 g/mol. The highest BCUT2D eigenvalue weighted by atomic mass is 35.5. The Morgan fingerprint density at radius 3 is 2.35 bits per heavy atom. The number of rotatable bonds is 6. The second-order valence-corrected chi connectivity index (χ2v) is 8.66. The van der Waals surface area contributed by atoms with Gasteiger partial charge in [0.15, 0.2) is 0 Å². The Labute approximate surface area is 160 Å². The van der Waals surface area contributed by atoms with Crippen molar-refractivity contribution in [2.75, 3.05) is 10.6 Å². The number of halogens is 1. The maximum atomic E-state index is 12.6. The number of hydrogen-bond acceptors (Lipinski definition) is 3. The minimum atomic E-state index is -3.68. The lowest BCUT2D eigenvalue weighted by Gasteiger charge is -2.29. The minimum absolute atomic E-state index is 0.329. The summed E-state index contributed by atoms with van der Waals surface area (Å²) in [4.78, 5) is 12.6. The summed E-state index contributed by atoms with van der Waals surface area (Å²) in [7, 11) is -3.68. The Kier molecular flexibility index (Phi) is 6.31. The summed E-state index contributed by atoms with van der Waals surface area (Å²) in [5, 5.41) is 3.21. The van der Waals surface area contributed by atoms with Crippen molar-refractivity contribution in [3.63, 3.8) is 0 Å². The molecule has 2 aromatic carbocycles. The van der Waals surface area contributed by atoms with Crippen molar-refractivity contribution in [1.82, 2.24) is 5.32 Å². The van der Waals surface area contributed by atoms with E-state index in [1.807, 2.05) is 31.2 Å². The van der Waals surface area contributed by atoms with Crippen LogP contribution in [-0.2, 0) is 21.4 Å². The third kappa shape index (κ3) is 4.99. The number of nitrogens with zero attached hydrogens (tertiary/aromatic N) is 1. The Morgan fingerprint density at radius 1 is 1.15 bits per heavy atom. The summed E-state index contributed by atoms with van der Waals surface area (Å²) in [6.45, 7) is 5.66. The van der Waals surface area contributed by atoms with Crippen molar-refractivity contribution in [2.45, 2.75) is 33.4 Å². The van der Waals surface area contributed by atoms with Gasteiger partial charge in [-0.05, 0) is 44.0 Å². The van der Waals surface area contributed by atoms with Gasteiger partial charge in [0.2, 0.25) is 15.9 Å². The van der Waals surface area contributed by atoms with Gasteiger partial charge in [-0.15, -0.1) is 0 Å². The van der Waals surface area contributed by atoms with Gasteiger partial charge in [0.1, 0.15) is 6.04 Å². The number of anilines is 1. The van der Waals surface area contributed by atoms with Gasteiger partial charge < -0.3 is 5.32 Å². The van der Waals surface area contributed by atoms with Crippen molar-refractivity contribution >= 4 is 33.2 Å². The smallest absolute Gasteiger partial charge is 0.243 e. The van der Waals surface area contributed by atoms with Crippen LogP contribution in [0.1, 0.15) is 23.6 Å². The first kappa shape index (κ1) is 20.3. The molecule has 2 rings (SSSR count). The van der Waals surface area contributed by atoms with E-state index < -0.39 is 16.1 Å². The molecule has 0 fully saturated rings. The molecule has 2 aromatic rings. The zero-order chi connectivity index (χ0) is 19.5. The summed E-state index contributed by atoms with van der Waals surface area (Å²) < 4.78 is 25.8. The number of hydrogen-bond donors (Lipinski definition) is 1. The molecule has 0 spiro atoms. The van der Waals surface area contributed by atoms with Crippen LogP contribution in [0.25, 0.3) is 0 Å². The second-order valence-electron chi connectivity index (χ2n) is 6.37. The van der Waals surface area contributed by atoms with Crippen LogP contribution in [-0.4, -0.2) is 26.6 Å². The lowest BCUT2D eigenvalue weighted by Crippen LogP contribution is -2.48. The fraction of sp³-hybridized carbons (Fsp3) is 0.316. The van der Waals surface area contributed by atoms with Gasteiger partial charge >= 0.3 is 0 Å². The third-order valence-electron chi connectivity index (χ3n) is 4.08. The fourth-order valence-corrected chi connectivity index (χ4v) is 4.03. The van der Waals surface area contributed by atoms with E-state index in [-0.39, 0.29) is 5.91 Å². The second kappa shape index (κ2) is 8.10. The average Bonchev–Trinajstić information content (AvgIpc) is 2.56. The number of aryl methyl sites for hydroxylation is 2. The molecule has 0 saturated carbocycles. The molecule has 0 aliphatic rings. The van der Waals surface area contributed by atoms with Crippen molar-refractivity contribution in [2.24, 2.45) is 0 Å². The Bertz CT molecular complexity index is 896. The molecule has 0 radical (unpaired) electrons. The molecule has 5 nitrogen and oxygen atoms in total. The van der Waals surface area contributed by atoms with Crippen LogP contribution in [0, 0.1) is 13.8 Å². The normalized spacial score (nSPS) is 12.5. The molecule has 0 aliphatic heterocycles. The molecule has 7 heteroatoms. The molecule has 1 N–H and O–H groups in total. The third-order valence-corrected chi connectivity index (χ3v) is 5.55. The molecular formula is C19H23ClN2O3S. The maximum absolute atomic E-state index is 12.6. The van der Waals surface area contributed by atoms with E-state index in [2.05, 4.69) is 5.32 Å². The predicted molar refractivity (Wildman–Crippen MR) is 106 cm³/mol. The summed E-state index contributed by atoms with van der Waals surface area (Å²) in [6, 6.07) is 11.8. The number of amides is 1. The minimum Gasteiger partial charge on any atom is -0.350 e. The van der Waals surface area contributed by atoms with E-state index in [0.29, 0.717) is 17.3 Å². The molecule has 0 aromatic heterocycles. The first-order valence-corrected chi connectivity index (χ1v) is 10.4. The summed E-state index contributed by atoms with van der Waals surface area (Å²) in [5.41, 5.74) is 3.20. The molecule has 140 valence electrons. The predicted octanol–water partition coefficient (Wildman–Crippen LogP) is 3.43. The van der Waals surface area contributed by atoms with E-state index in [4.69, 9.17) is 11.6 Å². The monoisotopic (exact) mass is 394 g/mol. The van der Waals surface area contributed by atoms with Crippen LogP contribution in [0.4, 0.5) is 5.69 Å². The van der Waals surface area contributed by atoms with Crippen LogP contribution in [0.15, 0.2) is 42.5 Å². The number of carbonyl (C=O) groups excluding carboxylic acids is 1. The zero-order valence-corrected chi connectivity index (χ0v) is 16.9. The Morgan fingerprint density at radius 2 is 1.77 bits per heavy atom. The lowest BCUT2D eigenvalue weighted by atomic mass is 10.1. The lowest BCUT2D eigenvalue weighted by molar-refractivity contribution is -0.122. The fourth-order valence-electron chi connectivity index (χ4n) is 2.64. The molecule has 0 heterocycles.